The van der Waals surface area contributed by atoms with Gasteiger partial charge in [-0.15, -0.1) is 0 Å². The quantitative estimate of drug-likeness (QED) is 0.739. The number of aromatic nitrogens is 3. The molecule has 4 heterocycles. The van der Waals surface area contributed by atoms with Gasteiger partial charge in [-0.05, 0) is 49.1 Å². The predicted octanol–water partition coefficient (Wildman–Crippen LogP) is 2.86. The van der Waals surface area contributed by atoms with Gasteiger partial charge in [0.1, 0.15) is 5.76 Å². The summed E-state index contributed by atoms with van der Waals surface area (Å²) in [5.41, 5.74) is 2.31. The molecule has 0 bridgehead atoms. The van der Waals surface area contributed by atoms with Crippen LogP contribution in [0, 0.1) is 13.8 Å². The monoisotopic (exact) mass is 330 g/mol. The molecule has 3 aromatic rings. The van der Waals surface area contributed by atoms with Crippen molar-refractivity contribution in [3.63, 3.8) is 0 Å². The second kappa shape index (κ2) is 5.58. The van der Waals surface area contributed by atoms with Crippen molar-refractivity contribution in [1.29, 1.82) is 0 Å². The SMILES string of the molecule is Cc1nn(CN2CCC[C@@H]2c2ccsc2)c(=O)c2noc(C)c12. The summed E-state index contributed by atoms with van der Waals surface area (Å²) < 4.78 is 6.68. The molecule has 0 N–H and O–H groups in total. The first-order valence-corrected chi connectivity index (χ1v) is 8.69. The number of hydrogen-bond donors (Lipinski definition) is 0. The van der Waals surface area contributed by atoms with Crippen LogP contribution >= 0.6 is 11.3 Å². The third kappa shape index (κ3) is 2.40. The molecule has 120 valence electrons. The number of aryl methyl sites for hydroxylation is 2. The fraction of sp³-hybridized carbons (Fsp3) is 0.438. The van der Waals surface area contributed by atoms with E-state index in [2.05, 4.69) is 32.0 Å². The molecule has 7 heteroatoms. The summed E-state index contributed by atoms with van der Waals surface area (Å²) in [7, 11) is 0. The molecule has 1 aliphatic heterocycles. The minimum absolute atomic E-state index is 0.182. The third-order valence-electron chi connectivity index (χ3n) is 4.54. The first kappa shape index (κ1) is 14.6. The van der Waals surface area contributed by atoms with Crippen LogP contribution in [0.2, 0.25) is 0 Å². The Morgan fingerprint density at radius 2 is 2.30 bits per heavy atom. The maximum absolute atomic E-state index is 12.6. The van der Waals surface area contributed by atoms with Crippen LogP contribution in [0.25, 0.3) is 10.9 Å². The fourth-order valence-electron chi connectivity index (χ4n) is 3.45. The first-order valence-electron chi connectivity index (χ1n) is 7.75. The number of fused-ring (bicyclic) bond motifs is 1. The van der Waals surface area contributed by atoms with Gasteiger partial charge in [-0.25, -0.2) is 4.68 Å². The van der Waals surface area contributed by atoms with E-state index in [1.54, 1.807) is 18.3 Å². The molecule has 1 saturated heterocycles. The van der Waals surface area contributed by atoms with Crippen molar-refractivity contribution in [2.45, 2.75) is 39.4 Å². The smallest absolute Gasteiger partial charge is 0.298 e. The Kier molecular flexibility index (Phi) is 3.54. The molecule has 0 amide bonds. The number of likely N-dealkylation sites (tertiary alicyclic amines) is 1. The number of thiophene rings is 1. The van der Waals surface area contributed by atoms with Crippen LogP contribution in [-0.2, 0) is 6.67 Å². The Morgan fingerprint density at radius 1 is 1.43 bits per heavy atom. The van der Waals surface area contributed by atoms with Gasteiger partial charge in [0.2, 0.25) is 0 Å². The Bertz CT molecular complexity index is 897. The zero-order valence-corrected chi connectivity index (χ0v) is 14.0. The molecule has 0 spiro atoms. The highest BCUT2D eigenvalue weighted by molar-refractivity contribution is 7.07. The number of rotatable bonds is 3. The zero-order valence-electron chi connectivity index (χ0n) is 13.2. The van der Waals surface area contributed by atoms with Gasteiger partial charge >= 0.3 is 0 Å². The lowest BCUT2D eigenvalue weighted by molar-refractivity contribution is 0.187. The van der Waals surface area contributed by atoms with E-state index in [1.165, 1.54) is 10.2 Å². The van der Waals surface area contributed by atoms with Gasteiger partial charge in [0.15, 0.2) is 5.52 Å². The van der Waals surface area contributed by atoms with Gasteiger partial charge in [-0.3, -0.25) is 9.69 Å². The predicted molar refractivity (Wildman–Crippen MR) is 88.5 cm³/mol. The third-order valence-corrected chi connectivity index (χ3v) is 5.24. The van der Waals surface area contributed by atoms with Crippen molar-refractivity contribution in [1.82, 2.24) is 19.8 Å². The van der Waals surface area contributed by atoms with Crippen molar-refractivity contribution < 1.29 is 4.52 Å². The van der Waals surface area contributed by atoms with E-state index < -0.39 is 0 Å². The van der Waals surface area contributed by atoms with E-state index in [1.807, 2.05) is 6.92 Å². The molecule has 0 radical (unpaired) electrons. The normalized spacial score (nSPS) is 19.0. The first-order chi connectivity index (χ1) is 11.1. The minimum Gasteiger partial charge on any atom is -0.360 e. The second-order valence-electron chi connectivity index (χ2n) is 6.02. The topological polar surface area (TPSA) is 64.2 Å². The molecule has 1 aliphatic rings. The van der Waals surface area contributed by atoms with Crippen molar-refractivity contribution in [3.05, 3.63) is 44.2 Å². The molecule has 0 unspecified atom stereocenters. The molecule has 23 heavy (non-hydrogen) atoms. The molecular formula is C16H18N4O2S. The van der Waals surface area contributed by atoms with Crippen LogP contribution in [0.15, 0.2) is 26.1 Å². The van der Waals surface area contributed by atoms with Crippen LogP contribution < -0.4 is 5.56 Å². The summed E-state index contributed by atoms with van der Waals surface area (Å²) >= 11 is 1.71. The Labute approximate surface area is 137 Å². The maximum atomic E-state index is 12.6. The molecule has 1 atom stereocenters. The average Bonchev–Trinajstić information content (AvgIpc) is 3.24. The summed E-state index contributed by atoms with van der Waals surface area (Å²) in [5, 5.41) is 13.4. The van der Waals surface area contributed by atoms with Gasteiger partial charge in [0.05, 0.1) is 17.7 Å². The molecule has 3 aromatic heterocycles. The van der Waals surface area contributed by atoms with Gasteiger partial charge in [-0.1, -0.05) is 5.16 Å². The van der Waals surface area contributed by atoms with Gasteiger partial charge in [-0.2, -0.15) is 16.4 Å². The fourth-order valence-corrected chi connectivity index (χ4v) is 4.16. The van der Waals surface area contributed by atoms with Crippen molar-refractivity contribution in [2.75, 3.05) is 6.54 Å². The summed E-state index contributed by atoms with van der Waals surface area (Å²) in [6.07, 6.45) is 2.26. The average molecular weight is 330 g/mol. The lowest BCUT2D eigenvalue weighted by Gasteiger charge is -2.24. The largest absolute Gasteiger partial charge is 0.360 e. The summed E-state index contributed by atoms with van der Waals surface area (Å²) in [6, 6.07) is 2.53. The van der Waals surface area contributed by atoms with Crippen LogP contribution in [-0.4, -0.2) is 26.4 Å². The maximum Gasteiger partial charge on any atom is 0.298 e. The molecule has 6 nitrogen and oxygen atoms in total. The van der Waals surface area contributed by atoms with E-state index in [-0.39, 0.29) is 5.56 Å². The highest BCUT2D eigenvalue weighted by Crippen LogP contribution is 2.33. The van der Waals surface area contributed by atoms with E-state index in [9.17, 15) is 4.79 Å². The number of hydrogen-bond acceptors (Lipinski definition) is 6. The Hall–Kier alpha value is -1.99. The molecule has 0 saturated carbocycles. The van der Waals surface area contributed by atoms with Crippen LogP contribution in [0.5, 0.6) is 0 Å². The Morgan fingerprint density at radius 3 is 3.09 bits per heavy atom. The van der Waals surface area contributed by atoms with Gasteiger partial charge in [0.25, 0.3) is 5.56 Å². The van der Waals surface area contributed by atoms with E-state index in [0.717, 1.165) is 30.5 Å². The minimum atomic E-state index is -0.182. The molecule has 1 fully saturated rings. The zero-order chi connectivity index (χ0) is 16.0. The molecule has 0 aromatic carbocycles. The van der Waals surface area contributed by atoms with Crippen molar-refractivity contribution in [2.24, 2.45) is 0 Å². The van der Waals surface area contributed by atoms with Gasteiger partial charge in [0, 0.05) is 12.6 Å². The lowest BCUT2D eigenvalue weighted by Crippen LogP contribution is -2.34. The number of nitrogens with zero attached hydrogens (tertiary/aromatic N) is 4. The van der Waals surface area contributed by atoms with Crippen LogP contribution in [0.3, 0.4) is 0 Å². The van der Waals surface area contributed by atoms with Crippen molar-refractivity contribution in [3.8, 4) is 0 Å². The summed E-state index contributed by atoms with van der Waals surface area (Å²) in [6.45, 7) is 5.16. The molecular weight excluding hydrogens is 312 g/mol. The Balaban J connectivity index is 1.70. The summed E-state index contributed by atoms with van der Waals surface area (Å²) in [5.74, 6) is 0.645. The van der Waals surface area contributed by atoms with Crippen LogP contribution in [0.4, 0.5) is 0 Å². The van der Waals surface area contributed by atoms with E-state index in [0.29, 0.717) is 24.0 Å². The van der Waals surface area contributed by atoms with Crippen LogP contribution in [0.1, 0.15) is 35.9 Å². The lowest BCUT2D eigenvalue weighted by atomic mass is 10.1. The van der Waals surface area contributed by atoms with E-state index in [4.69, 9.17) is 4.52 Å². The highest BCUT2D eigenvalue weighted by Gasteiger charge is 2.27. The van der Waals surface area contributed by atoms with Crippen molar-refractivity contribution >= 4 is 22.2 Å². The van der Waals surface area contributed by atoms with Gasteiger partial charge < -0.3 is 4.52 Å². The highest BCUT2D eigenvalue weighted by atomic mass is 32.1. The molecule has 0 aliphatic carbocycles. The standard InChI is InChI=1S/C16H18N4O2S/c1-10-14-11(2)22-18-15(14)16(21)20(17-10)9-19-6-3-4-13(19)12-5-7-23-8-12/h5,7-8,13H,3-4,6,9H2,1-2H3/t13-/m1/s1. The summed E-state index contributed by atoms with van der Waals surface area (Å²) in [4.78, 5) is 14.9. The molecule has 4 rings (SSSR count). The second-order valence-corrected chi connectivity index (χ2v) is 6.80. The van der Waals surface area contributed by atoms with E-state index >= 15 is 0 Å².